The molecule has 0 heterocycles. The van der Waals surface area contributed by atoms with Gasteiger partial charge in [-0.2, -0.15) is 0 Å². The average molecular weight is 689 g/mol. The van der Waals surface area contributed by atoms with Gasteiger partial charge in [-0.15, -0.1) is 0 Å². The number of unbranched alkanes of at least 4 members (excludes halogenated alkanes) is 1. The number of carbonyl (C=O) groups excluding carboxylic acids is 12. The Balaban J connectivity index is -0.000000231. The van der Waals surface area contributed by atoms with Gasteiger partial charge in [0.25, 0.3) is 0 Å². The van der Waals surface area contributed by atoms with Gasteiger partial charge in [-0.25, -0.2) is 0 Å². The van der Waals surface area contributed by atoms with E-state index in [0.717, 1.165) is 41.5 Å². The number of carboxylic acids is 3. The van der Waals surface area contributed by atoms with Crippen LogP contribution in [0.2, 0.25) is 4.44 Å². The summed E-state index contributed by atoms with van der Waals surface area (Å²) in [5.74, 6) is -20.2. The third-order valence-corrected chi connectivity index (χ3v) is 5.37. The zero-order valence-electron chi connectivity index (χ0n) is 23.5. The van der Waals surface area contributed by atoms with Crippen molar-refractivity contribution in [1.82, 2.24) is 0 Å². The van der Waals surface area contributed by atoms with Crippen molar-refractivity contribution in [2.45, 2.75) is 65.7 Å². The molecule has 0 saturated heterocycles. The van der Waals surface area contributed by atoms with Crippen LogP contribution in [0.4, 0.5) is 0 Å². The molecule has 0 spiro atoms. The molecule has 0 atom stereocenters. The Hall–Kier alpha value is -3.76. The predicted octanol–water partition coefficient (Wildman–Crippen LogP) is -4.33. The van der Waals surface area contributed by atoms with Crippen LogP contribution in [0.3, 0.4) is 0 Å². The maximum atomic E-state index is 10.6. The second kappa shape index (κ2) is 23.0. The van der Waals surface area contributed by atoms with E-state index >= 15 is 0 Å². The number of hydrogen-bond acceptors (Lipinski definition) is 15. The Morgan fingerprint density at radius 1 is 0.463 bits per heavy atom. The van der Waals surface area contributed by atoms with Gasteiger partial charge in [0.15, 0.2) is 17.3 Å². The Bertz CT molecular complexity index is 898. The number of Topliss-reactive ketones (excluding diaryl/α,β-unsaturated/α-hetero) is 9. The summed E-state index contributed by atoms with van der Waals surface area (Å²) >= 11 is 1.68. The minimum absolute atomic E-state index is 0.781. The Kier molecular flexibility index (Phi) is 24.8. The van der Waals surface area contributed by atoms with Crippen LogP contribution in [-0.2, 0) is 57.5 Å². The first-order chi connectivity index (χ1) is 18.5. The van der Waals surface area contributed by atoms with Crippen molar-refractivity contribution in [2.24, 2.45) is 17.8 Å². The number of rotatable bonds is 14. The maximum absolute atomic E-state index is 10.6. The van der Waals surface area contributed by atoms with Crippen LogP contribution in [-0.4, -0.2) is 92.5 Å². The van der Waals surface area contributed by atoms with E-state index in [1.165, 1.54) is 17.3 Å². The van der Waals surface area contributed by atoms with E-state index in [-0.39, 0.29) is 0 Å². The number of carbonyl (C=O) groups is 12. The molecule has 15 nitrogen and oxygen atoms in total. The topological polar surface area (TPSA) is 274 Å². The van der Waals surface area contributed by atoms with Crippen molar-refractivity contribution in [3.63, 3.8) is 0 Å². The van der Waals surface area contributed by atoms with Gasteiger partial charge < -0.3 is 29.7 Å². The molecule has 0 aromatic rings. The van der Waals surface area contributed by atoms with Crippen LogP contribution in [0, 0.1) is 17.8 Å². The molecular weight excluding hydrogens is 659 g/mol. The molecule has 0 aromatic carbocycles. The first-order valence-electron chi connectivity index (χ1n) is 11.5. The molecule has 16 heteroatoms. The van der Waals surface area contributed by atoms with Gasteiger partial charge in [-0.1, -0.05) is 0 Å². The van der Waals surface area contributed by atoms with Crippen LogP contribution < -0.4 is 15.3 Å². The van der Waals surface area contributed by atoms with Gasteiger partial charge in [-0.3, -0.25) is 43.2 Å². The van der Waals surface area contributed by atoms with Crippen molar-refractivity contribution >= 4 is 92.5 Å². The van der Waals surface area contributed by atoms with Crippen LogP contribution in [0.15, 0.2) is 0 Å². The molecule has 0 aliphatic carbocycles. The summed E-state index contributed by atoms with van der Waals surface area (Å²) in [4.78, 5) is 125. The van der Waals surface area contributed by atoms with Crippen LogP contribution in [0.1, 0.15) is 61.3 Å². The number of hydrogen-bond donors (Lipinski definition) is 0. The quantitative estimate of drug-likeness (QED) is 0.0947. The molecule has 224 valence electrons. The van der Waals surface area contributed by atoms with Gasteiger partial charge in [0.05, 0.1) is 0 Å². The minimum atomic E-state index is -2.01. The van der Waals surface area contributed by atoms with Crippen molar-refractivity contribution in [2.75, 3.05) is 0 Å². The summed E-state index contributed by atoms with van der Waals surface area (Å²) in [6.45, 7) is 8.10. The first kappa shape index (κ1) is 44.3. The average Bonchev–Trinajstić information content (AvgIpc) is 2.79. The van der Waals surface area contributed by atoms with Crippen molar-refractivity contribution in [3.05, 3.63) is 0 Å². The number of carboxylic acid groups (broad SMARTS) is 3. The summed E-state index contributed by atoms with van der Waals surface area (Å²) in [5.41, 5.74) is 0. The first-order valence-corrected chi connectivity index (χ1v) is 13.5. The van der Waals surface area contributed by atoms with E-state index in [9.17, 15) is 72.9 Å². The summed E-state index contributed by atoms with van der Waals surface area (Å²) in [7, 11) is 0. The second-order valence-electron chi connectivity index (χ2n) is 8.02. The summed E-state index contributed by atoms with van der Waals surface area (Å²) in [5, 5.41) is 30.0. The molecule has 0 aromatic heterocycles. The Labute approximate surface area is 248 Å². The van der Waals surface area contributed by atoms with Crippen LogP contribution in [0.25, 0.3) is 0 Å². The second-order valence-corrected chi connectivity index (χ2v) is 9.45. The van der Waals surface area contributed by atoms with Gasteiger partial charge in [0.2, 0.25) is 0 Å². The van der Waals surface area contributed by atoms with Gasteiger partial charge in [0.1, 0.15) is 70.4 Å². The van der Waals surface area contributed by atoms with Crippen LogP contribution in [0.5, 0.6) is 0 Å². The molecule has 0 radical (unpaired) electrons. The standard InChI is InChI=1S/3C7H8O5.C4H9.Sn/c3*1-3(8)5(4(2)9)6(10)7(11)12;1-3-4-2;/h3*5H,1-2H3,(H,11,12);1,3-4H2,2H3;/q;;;;+3/p-3. The molecule has 0 amide bonds. The Morgan fingerprint density at radius 2 is 0.634 bits per heavy atom. The van der Waals surface area contributed by atoms with E-state index in [1.807, 2.05) is 0 Å². The fraction of sp³-hybridized carbons (Fsp3) is 0.520. The van der Waals surface area contributed by atoms with E-state index in [0.29, 0.717) is 0 Å². The van der Waals surface area contributed by atoms with E-state index in [2.05, 4.69) is 6.92 Å². The van der Waals surface area contributed by atoms with Crippen molar-refractivity contribution < 1.29 is 72.9 Å². The van der Waals surface area contributed by atoms with E-state index in [1.54, 1.807) is 22.5 Å². The SMILES string of the molecule is CC(=O)C(C(C)=O)C(=O)C(=O)[O-].CC(=O)C(C(C)=O)C(=O)C(=O)[O-].CC(=O)C(C(C)=O)C(=O)C(=O)[O-].CCC[CH2][Sn+3]. The van der Waals surface area contributed by atoms with Gasteiger partial charge in [-0.05, 0) is 41.5 Å². The Morgan fingerprint density at radius 3 is 0.659 bits per heavy atom. The monoisotopic (exact) mass is 690 g/mol. The fourth-order valence-corrected chi connectivity index (χ4v) is 3.51. The molecule has 41 heavy (non-hydrogen) atoms. The number of aliphatic carboxylic acids is 3. The van der Waals surface area contributed by atoms with E-state index in [4.69, 9.17) is 0 Å². The molecule has 0 aliphatic rings. The van der Waals surface area contributed by atoms with Crippen LogP contribution >= 0.6 is 0 Å². The van der Waals surface area contributed by atoms with Gasteiger partial charge >= 0.3 is 46.7 Å². The summed E-state index contributed by atoms with van der Waals surface area (Å²) < 4.78 is 1.43. The molecule has 0 fully saturated rings. The molecule has 0 N–H and O–H groups in total. The van der Waals surface area contributed by atoms with Crippen molar-refractivity contribution in [3.8, 4) is 0 Å². The molecule has 0 aliphatic heterocycles. The zero-order valence-corrected chi connectivity index (χ0v) is 26.3. The third-order valence-electron chi connectivity index (χ3n) is 4.36. The summed E-state index contributed by atoms with van der Waals surface area (Å²) in [6, 6.07) is 0. The molecule has 0 unspecified atom stereocenters. The molecule has 0 rings (SSSR count). The normalized spacial score (nSPS) is 9.46. The number of ketones is 9. The molecule has 0 bridgehead atoms. The zero-order chi connectivity index (χ0) is 33.8. The predicted molar refractivity (Wildman–Crippen MR) is 130 cm³/mol. The van der Waals surface area contributed by atoms with Crippen molar-refractivity contribution in [1.29, 1.82) is 0 Å². The van der Waals surface area contributed by atoms with E-state index < -0.39 is 87.7 Å². The fourth-order valence-electron chi connectivity index (χ4n) is 2.50. The third kappa shape index (κ3) is 19.9. The van der Waals surface area contributed by atoms with Gasteiger partial charge in [0, 0.05) is 0 Å². The molecular formula is C25H30O15Sn. The summed E-state index contributed by atoms with van der Waals surface area (Å²) in [6.07, 6.45) is 2.80. The molecule has 0 saturated carbocycles.